The molecule has 0 saturated carbocycles. The zero-order valence-electron chi connectivity index (χ0n) is 11.6. The molecule has 1 aliphatic heterocycles. The van der Waals surface area contributed by atoms with Gasteiger partial charge in [-0.2, -0.15) is 4.31 Å². The lowest BCUT2D eigenvalue weighted by atomic mass is 9.99. The zero-order chi connectivity index (χ0) is 14.8. The second-order valence-electron chi connectivity index (χ2n) is 4.97. The summed E-state index contributed by atoms with van der Waals surface area (Å²) < 4.78 is 26.4. The average Bonchev–Trinajstić information content (AvgIpc) is 2.47. The molecule has 0 aromatic heterocycles. The second-order valence-corrected chi connectivity index (χ2v) is 6.91. The number of carbonyl (C=O) groups is 1. The van der Waals surface area contributed by atoms with E-state index in [-0.39, 0.29) is 17.3 Å². The summed E-state index contributed by atoms with van der Waals surface area (Å²) in [7, 11) is -3.50. The molecule has 8 heteroatoms. The molecule has 1 saturated heterocycles. The van der Waals surface area contributed by atoms with E-state index in [0.717, 1.165) is 12.8 Å². The predicted octanol–water partition coefficient (Wildman–Crippen LogP) is 0.567. The molecule has 0 aliphatic carbocycles. The molecular formula is C13H20ClN3O3S. The van der Waals surface area contributed by atoms with Gasteiger partial charge in [0, 0.05) is 18.7 Å². The fourth-order valence-electron chi connectivity index (χ4n) is 2.33. The number of hydrogen-bond acceptors (Lipinski definition) is 4. The lowest BCUT2D eigenvalue weighted by molar-refractivity contribution is 0.1000. The van der Waals surface area contributed by atoms with Crippen LogP contribution in [0.3, 0.4) is 0 Å². The van der Waals surface area contributed by atoms with E-state index in [0.29, 0.717) is 31.1 Å². The van der Waals surface area contributed by atoms with Crippen molar-refractivity contribution in [3.05, 3.63) is 29.8 Å². The van der Waals surface area contributed by atoms with Crippen LogP contribution in [0, 0.1) is 5.92 Å². The third kappa shape index (κ3) is 3.94. The highest BCUT2D eigenvalue weighted by molar-refractivity contribution is 7.89. The highest BCUT2D eigenvalue weighted by atomic mass is 35.5. The van der Waals surface area contributed by atoms with Gasteiger partial charge in [-0.25, -0.2) is 8.42 Å². The fraction of sp³-hybridized carbons (Fsp3) is 0.462. The van der Waals surface area contributed by atoms with Gasteiger partial charge < -0.3 is 11.5 Å². The summed E-state index contributed by atoms with van der Waals surface area (Å²) >= 11 is 0. The molecule has 1 aromatic rings. The summed E-state index contributed by atoms with van der Waals surface area (Å²) in [4.78, 5) is 11.2. The molecule has 1 fully saturated rings. The number of sulfonamides is 1. The molecule has 1 heterocycles. The number of rotatable bonds is 4. The van der Waals surface area contributed by atoms with Crippen molar-refractivity contribution in [2.24, 2.45) is 17.4 Å². The minimum absolute atomic E-state index is 0. The summed E-state index contributed by atoms with van der Waals surface area (Å²) in [5.41, 5.74) is 11.0. The Labute approximate surface area is 130 Å². The second kappa shape index (κ2) is 7.22. The van der Waals surface area contributed by atoms with Crippen molar-refractivity contribution in [3.8, 4) is 0 Å². The number of amides is 1. The van der Waals surface area contributed by atoms with Crippen LogP contribution in [0.15, 0.2) is 29.2 Å². The average molecular weight is 334 g/mol. The van der Waals surface area contributed by atoms with Crippen molar-refractivity contribution >= 4 is 28.3 Å². The maximum Gasteiger partial charge on any atom is 0.248 e. The first-order chi connectivity index (χ1) is 9.45. The Morgan fingerprint density at radius 1 is 1.19 bits per heavy atom. The third-order valence-corrected chi connectivity index (χ3v) is 5.60. The fourth-order valence-corrected chi connectivity index (χ4v) is 3.80. The van der Waals surface area contributed by atoms with Crippen molar-refractivity contribution < 1.29 is 13.2 Å². The lowest BCUT2D eigenvalue weighted by Crippen LogP contribution is -2.40. The van der Waals surface area contributed by atoms with Gasteiger partial charge in [-0.15, -0.1) is 12.4 Å². The zero-order valence-corrected chi connectivity index (χ0v) is 13.2. The molecule has 0 unspecified atom stereocenters. The van der Waals surface area contributed by atoms with Gasteiger partial charge in [-0.05, 0) is 49.6 Å². The number of carbonyl (C=O) groups excluding carboxylic acids is 1. The van der Waals surface area contributed by atoms with Gasteiger partial charge in [0.1, 0.15) is 0 Å². The van der Waals surface area contributed by atoms with Crippen LogP contribution in [0.5, 0.6) is 0 Å². The number of halogens is 1. The van der Waals surface area contributed by atoms with Gasteiger partial charge in [-0.1, -0.05) is 0 Å². The first kappa shape index (κ1) is 17.9. The summed E-state index contributed by atoms with van der Waals surface area (Å²) in [6.45, 7) is 1.57. The van der Waals surface area contributed by atoms with Crippen LogP contribution in [0.1, 0.15) is 23.2 Å². The number of benzene rings is 1. The van der Waals surface area contributed by atoms with Gasteiger partial charge in [0.05, 0.1) is 4.90 Å². The van der Waals surface area contributed by atoms with E-state index in [1.54, 1.807) is 0 Å². The number of piperidine rings is 1. The molecule has 6 nitrogen and oxygen atoms in total. The Balaban J connectivity index is 0.00000220. The van der Waals surface area contributed by atoms with Crippen LogP contribution in [-0.2, 0) is 10.0 Å². The lowest BCUT2D eigenvalue weighted by Gasteiger charge is -2.30. The standard InChI is InChI=1S/C13H19N3O3S.ClH/c14-9-10-5-7-16(8-6-10)20(18,19)12-3-1-11(2-4-12)13(15)17;/h1-4,10H,5-9,14H2,(H2,15,17);1H. The van der Waals surface area contributed by atoms with E-state index in [1.807, 2.05) is 0 Å². The molecule has 1 aliphatic rings. The van der Waals surface area contributed by atoms with Crippen LogP contribution in [0.25, 0.3) is 0 Å². The maximum atomic E-state index is 12.4. The molecule has 1 aromatic carbocycles. The van der Waals surface area contributed by atoms with Crippen LogP contribution in [-0.4, -0.2) is 38.3 Å². The molecule has 0 atom stereocenters. The summed E-state index contributed by atoms with van der Waals surface area (Å²) in [6.07, 6.45) is 1.57. The Kier molecular flexibility index (Phi) is 6.15. The molecule has 1 amide bonds. The van der Waals surface area contributed by atoms with Crippen LogP contribution >= 0.6 is 12.4 Å². The minimum Gasteiger partial charge on any atom is -0.366 e. The van der Waals surface area contributed by atoms with Crippen LogP contribution in [0.4, 0.5) is 0 Å². The maximum absolute atomic E-state index is 12.4. The number of hydrogen-bond donors (Lipinski definition) is 2. The van der Waals surface area contributed by atoms with Crippen molar-refractivity contribution in [2.75, 3.05) is 19.6 Å². The minimum atomic E-state index is -3.50. The quantitative estimate of drug-likeness (QED) is 0.839. The Morgan fingerprint density at radius 2 is 1.71 bits per heavy atom. The monoisotopic (exact) mass is 333 g/mol. The largest absolute Gasteiger partial charge is 0.366 e. The van der Waals surface area contributed by atoms with E-state index < -0.39 is 15.9 Å². The highest BCUT2D eigenvalue weighted by Crippen LogP contribution is 2.23. The van der Waals surface area contributed by atoms with E-state index in [4.69, 9.17) is 11.5 Å². The summed E-state index contributed by atoms with van der Waals surface area (Å²) in [5, 5.41) is 0. The number of nitrogens with two attached hydrogens (primary N) is 2. The first-order valence-corrected chi connectivity index (χ1v) is 7.99. The molecule has 0 spiro atoms. The van der Waals surface area contributed by atoms with Crippen molar-refractivity contribution in [3.63, 3.8) is 0 Å². The molecule has 0 radical (unpaired) electrons. The summed E-state index contributed by atoms with van der Waals surface area (Å²) in [6, 6.07) is 5.71. The van der Waals surface area contributed by atoms with E-state index in [9.17, 15) is 13.2 Å². The molecule has 4 N–H and O–H groups in total. The van der Waals surface area contributed by atoms with Gasteiger partial charge in [-0.3, -0.25) is 4.79 Å². The van der Waals surface area contributed by atoms with Gasteiger partial charge in [0.2, 0.25) is 15.9 Å². The predicted molar refractivity (Wildman–Crippen MR) is 82.7 cm³/mol. The van der Waals surface area contributed by atoms with E-state index in [2.05, 4.69) is 0 Å². The van der Waals surface area contributed by atoms with Crippen LogP contribution < -0.4 is 11.5 Å². The number of primary amides is 1. The SMILES string of the molecule is Cl.NCC1CCN(S(=O)(=O)c2ccc(C(N)=O)cc2)CC1. The van der Waals surface area contributed by atoms with Crippen molar-refractivity contribution in [1.29, 1.82) is 0 Å². The van der Waals surface area contributed by atoms with E-state index >= 15 is 0 Å². The third-order valence-electron chi connectivity index (χ3n) is 3.68. The molecule has 2 rings (SSSR count). The molecule has 21 heavy (non-hydrogen) atoms. The first-order valence-electron chi connectivity index (χ1n) is 6.55. The van der Waals surface area contributed by atoms with Crippen LogP contribution in [0.2, 0.25) is 0 Å². The molecule has 0 bridgehead atoms. The van der Waals surface area contributed by atoms with Gasteiger partial charge in [0.15, 0.2) is 0 Å². The van der Waals surface area contributed by atoms with Crippen molar-refractivity contribution in [2.45, 2.75) is 17.7 Å². The number of nitrogens with zero attached hydrogens (tertiary/aromatic N) is 1. The normalized spacial score (nSPS) is 17.2. The van der Waals surface area contributed by atoms with Gasteiger partial charge in [0.25, 0.3) is 0 Å². The Morgan fingerprint density at radius 3 is 2.14 bits per heavy atom. The highest BCUT2D eigenvalue weighted by Gasteiger charge is 2.28. The van der Waals surface area contributed by atoms with Crippen molar-refractivity contribution in [1.82, 2.24) is 4.31 Å². The summed E-state index contributed by atoms with van der Waals surface area (Å²) in [5.74, 6) is -0.170. The Bertz CT molecular complexity index is 581. The Hall–Kier alpha value is -1.15. The van der Waals surface area contributed by atoms with Gasteiger partial charge >= 0.3 is 0 Å². The molecular weight excluding hydrogens is 314 g/mol. The topological polar surface area (TPSA) is 106 Å². The van der Waals surface area contributed by atoms with E-state index in [1.165, 1.54) is 28.6 Å². The smallest absolute Gasteiger partial charge is 0.248 e. The molecule has 118 valence electrons.